The zero-order valence-electron chi connectivity index (χ0n) is 18.1. The minimum atomic E-state index is -4.62. The number of halogens is 4. The summed E-state index contributed by atoms with van der Waals surface area (Å²) in [6, 6.07) is 7.14. The molecule has 1 aromatic carbocycles. The van der Waals surface area contributed by atoms with Crippen molar-refractivity contribution in [2.45, 2.75) is 13.1 Å². The third kappa shape index (κ3) is 4.17. The Balaban J connectivity index is 1.34. The van der Waals surface area contributed by atoms with E-state index in [0.29, 0.717) is 37.6 Å². The Kier molecular flexibility index (Phi) is 5.41. The fourth-order valence-electron chi connectivity index (χ4n) is 4.68. The molecule has 2 fully saturated rings. The van der Waals surface area contributed by atoms with Crippen molar-refractivity contribution < 1.29 is 22.4 Å². The van der Waals surface area contributed by atoms with Gasteiger partial charge in [0.05, 0.1) is 5.56 Å². The Morgan fingerprint density at radius 3 is 2.32 bits per heavy atom. The van der Waals surface area contributed by atoms with Gasteiger partial charge in [-0.15, -0.1) is 0 Å². The van der Waals surface area contributed by atoms with Gasteiger partial charge in [0.2, 0.25) is 5.82 Å². The lowest BCUT2D eigenvalue weighted by molar-refractivity contribution is -0.145. The number of hydrogen-bond acceptors (Lipinski definition) is 6. The molecule has 2 aliphatic heterocycles. The highest BCUT2D eigenvalue weighted by molar-refractivity contribution is 6.00. The minimum Gasteiger partial charge on any atom is -0.356 e. The Morgan fingerprint density at radius 2 is 1.68 bits per heavy atom. The second-order valence-corrected chi connectivity index (χ2v) is 8.59. The monoisotopic (exact) mass is 472 g/mol. The zero-order valence-corrected chi connectivity index (χ0v) is 18.1. The summed E-state index contributed by atoms with van der Waals surface area (Å²) in [7, 11) is 0. The maximum absolute atomic E-state index is 14.0. The molecule has 0 aliphatic carbocycles. The normalized spacial score (nSPS) is 20.0. The minimum absolute atomic E-state index is 0.0681. The van der Waals surface area contributed by atoms with Crippen LogP contribution in [0.5, 0.6) is 0 Å². The van der Waals surface area contributed by atoms with E-state index in [-0.39, 0.29) is 34.8 Å². The van der Waals surface area contributed by atoms with Crippen LogP contribution in [0.25, 0.3) is 11.4 Å². The molecule has 176 valence electrons. The zero-order chi connectivity index (χ0) is 24.0. The van der Waals surface area contributed by atoms with E-state index < -0.39 is 17.8 Å². The van der Waals surface area contributed by atoms with Crippen LogP contribution in [0.2, 0.25) is 0 Å². The highest BCUT2D eigenvalue weighted by Crippen LogP contribution is 2.36. The van der Waals surface area contributed by atoms with Crippen molar-refractivity contribution in [3.63, 3.8) is 0 Å². The number of carbonyl (C=O) groups excluding carboxylic acids is 1. The van der Waals surface area contributed by atoms with Crippen LogP contribution in [0.3, 0.4) is 0 Å². The smallest absolute Gasteiger partial charge is 0.356 e. The summed E-state index contributed by atoms with van der Waals surface area (Å²) < 4.78 is 53.4. The van der Waals surface area contributed by atoms with Gasteiger partial charge in [0.1, 0.15) is 11.6 Å². The molecule has 11 heteroatoms. The van der Waals surface area contributed by atoms with Crippen LogP contribution < -0.4 is 4.90 Å². The van der Waals surface area contributed by atoms with Crippen molar-refractivity contribution in [2.75, 3.05) is 31.1 Å². The third-order valence-corrected chi connectivity index (χ3v) is 6.21. The SMILES string of the molecule is Cc1cc(N2CC3CN(C(=O)c4cc(F)ccc4-c4ncccn4)CC3C2)nc(C(F)(F)F)n1. The molecule has 4 heterocycles. The molecule has 7 nitrogen and oxygen atoms in total. The first-order valence-electron chi connectivity index (χ1n) is 10.7. The molecule has 0 saturated carbocycles. The molecule has 5 rings (SSSR count). The van der Waals surface area contributed by atoms with Gasteiger partial charge in [-0.25, -0.2) is 24.3 Å². The lowest BCUT2D eigenvalue weighted by Gasteiger charge is -2.24. The summed E-state index contributed by atoms with van der Waals surface area (Å²) in [6.45, 7) is 3.29. The van der Waals surface area contributed by atoms with E-state index in [1.165, 1.54) is 31.2 Å². The van der Waals surface area contributed by atoms with E-state index in [1.807, 2.05) is 4.90 Å². The topological polar surface area (TPSA) is 75.1 Å². The molecule has 2 unspecified atom stereocenters. The van der Waals surface area contributed by atoms with Gasteiger partial charge in [-0.2, -0.15) is 13.2 Å². The van der Waals surface area contributed by atoms with Gasteiger partial charge in [-0.1, -0.05) is 0 Å². The number of anilines is 1. The van der Waals surface area contributed by atoms with Gasteiger partial charge in [0.15, 0.2) is 5.82 Å². The fraction of sp³-hybridized carbons (Fsp3) is 0.348. The van der Waals surface area contributed by atoms with Crippen molar-refractivity contribution in [2.24, 2.45) is 11.8 Å². The van der Waals surface area contributed by atoms with Crippen LogP contribution in [0.4, 0.5) is 23.4 Å². The third-order valence-electron chi connectivity index (χ3n) is 6.21. The predicted octanol–water partition coefficient (Wildman–Crippen LogP) is 3.61. The van der Waals surface area contributed by atoms with Crippen LogP contribution in [-0.4, -0.2) is 56.9 Å². The molecule has 0 bridgehead atoms. The van der Waals surface area contributed by atoms with Crippen LogP contribution in [-0.2, 0) is 6.18 Å². The number of carbonyl (C=O) groups is 1. The van der Waals surface area contributed by atoms with E-state index in [0.717, 1.165) is 0 Å². The molecule has 2 aromatic heterocycles. The molecule has 2 atom stereocenters. The quantitative estimate of drug-likeness (QED) is 0.543. The number of fused-ring (bicyclic) bond motifs is 1. The van der Waals surface area contributed by atoms with E-state index >= 15 is 0 Å². The second-order valence-electron chi connectivity index (χ2n) is 8.59. The standard InChI is InChI=1S/C23H20F4N6O/c1-13-7-19(31-22(30-13)23(25,26)27)32-9-14-11-33(12-15(14)10-32)21(34)18-8-16(24)3-4-17(18)20-28-5-2-6-29-20/h2-8,14-15H,9-12H2,1H3. The summed E-state index contributed by atoms with van der Waals surface area (Å²) in [5, 5.41) is 0. The number of benzene rings is 1. The summed E-state index contributed by atoms with van der Waals surface area (Å²) in [4.78, 5) is 32.4. The van der Waals surface area contributed by atoms with Crippen LogP contribution in [0.1, 0.15) is 21.9 Å². The van der Waals surface area contributed by atoms with E-state index in [4.69, 9.17) is 0 Å². The summed E-state index contributed by atoms with van der Waals surface area (Å²) in [6.07, 6.45) is -1.52. The van der Waals surface area contributed by atoms with Gasteiger partial charge in [0.25, 0.3) is 5.91 Å². The first kappa shape index (κ1) is 22.2. The number of rotatable bonds is 3. The first-order valence-corrected chi connectivity index (χ1v) is 10.7. The van der Waals surface area contributed by atoms with E-state index in [2.05, 4.69) is 19.9 Å². The van der Waals surface area contributed by atoms with Gasteiger partial charge in [0, 0.05) is 67.7 Å². The van der Waals surface area contributed by atoms with Crippen molar-refractivity contribution in [3.05, 3.63) is 65.6 Å². The summed E-state index contributed by atoms with van der Waals surface area (Å²) >= 11 is 0. The Bertz CT molecular complexity index is 1220. The van der Waals surface area contributed by atoms with Gasteiger partial charge in [-0.3, -0.25) is 4.79 Å². The Labute approximate surface area is 192 Å². The van der Waals surface area contributed by atoms with E-state index in [1.54, 1.807) is 23.4 Å². The number of aromatic nitrogens is 4. The molecule has 0 radical (unpaired) electrons. The highest BCUT2D eigenvalue weighted by Gasteiger charge is 2.43. The first-order chi connectivity index (χ1) is 16.2. The average Bonchev–Trinajstić information content (AvgIpc) is 3.38. The molecule has 0 spiro atoms. The lowest BCUT2D eigenvalue weighted by Crippen LogP contribution is -2.34. The summed E-state index contributed by atoms with van der Waals surface area (Å²) in [5.74, 6) is -1.31. The second kappa shape index (κ2) is 8.30. The molecule has 3 aromatic rings. The average molecular weight is 472 g/mol. The predicted molar refractivity (Wildman–Crippen MR) is 114 cm³/mol. The lowest BCUT2D eigenvalue weighted by atomic mass is 10.0. The maximum atomic E-state index is 14.0. The largest absolute Gasteiger partial charge is 0.451 e. The molecule has 1 amide bonds. The van der Waals surface area contributed by atoms with Crippen LogP contribution in [0.15, 0.2) is 42.7 Å². The number of aryl methyl sites for hydroxylation is 1. The fourth-order valence-corrected chi connectivity index (χ4v) is 4.68. The van der Waals surface area contributed by atoms with Gasteiger partial charge < -0.3 is 9.80 Å². The van der Waals surface area contributed by atoms with Crippen molar-refractivity contribution in [1.29, 1.82) is 0 Å². The molecule has 2 aliphatic rings. The Morgan fingerprint density at radius 1 is 1.00 bits per heavy atom. The van der Waals surface area contributed by atoms with Crippen LogP contribution in [0, 0.1) is 24.6 Å². The maximum Gasteiger partial charge on any atom is 0.451 e. The van der Waals surface area contributed by atoms with Crippen molar-refractivity contribution in [3.8, 4) is 11.4 Å². The molecule has 34 heavy (non-hydrogen) atoms. The number of hydrogen-bond donors (Lipinski definition) is 0. The molecule has 2 saturated heterocycles. The Hall–Kier alpha value is -3.63. The van der Waals surface area contributed by atoms with E-state index in [9.17, 15) is 22.4 Å². The number of nitrogens with zero attached hydrogens (tertiary/aromatic N) is 6. The summed E-state index contributed by atoms with van der Waals surface area (Å²) in [5.41, 5.74) is 0.874. The van der Waals surface area contributed by atoms with Crippen LogP contribution >= 0.6 is 0 Å². The number of alkyl halides is 3. The van der Waals surface area contributed by atoms with Crippen molar-refractivity contribution >= 4 is 11.7 Å². The van der Waals surface area contributed by atoms with Gasteiger partial charge in [-0.05, 0) is 31.2 Å². The molecular formula is C23H20F4N6O. The molecule has 0 N–H and O–H groups in total. The highest BCUT2D eigenvalue weighted by atomic mass is 19.4. The number of amides is 1. The molecular weight excluding hydrogens is 452 g/mol. The van der Waals surface area contributed by atoms with Crippen molar-refractivity contribution in [1.82, 2.24) is 24.8 Å². The number of likely N-dealkylation sites (tertiary alicyclic amines) is 1. The van der Waals surface area contributed by atoms with Gasteiger partial charge >= 0.3 is 6.18 Å².